The number of guanidine groups is 1. The van der Waals surface area contributed by atoms with Gasteiger partial charge in [-0.3, -0.25) is 9.89 Å². The summed E-state index contributed by atoms with van der Waals surface area (Å²) in [4.78, 5) is 7.15. The fraction of sp³-hybridized carbons (Fsp3) is 0.682. The molecule has 2 rings (SSSR count). The molecule has 1 fully saturated rings. The van der Waals surface area contributed by atoms with Crippen molar-refractivity contribution < 1.29 is 9.47 Å². The van der Waals surface area contributed by atoms with Crippen LogP contribution < -0.4 is 15.4 Å². The van der Waals surface area contributed by atoms with Crippen molar-refractivity contribution >= 4 is 5.96 Å². The van der Waals surface area contributed by atoms with E-state index in [9.17, 15) is 0 Å². The van der Waals surface area contributed by atoms with Crippen LogP contribution in [0, 0.1) is 5.92 Å². The van der Waals surface area contributed by atoms with Crippen molar-refractivity contribution in [3.63, 3.8) is 0 Å². The smallest absolute Gasteiger partial charge is 0.191 e. The van der Waals surface area contributed by atoms with E-state index in [1.807, 2.05) is 0 Å². The molecule has 0 radical (unpaired) electrons. The van der Waals surface area contributed by atoms with E-state index in [1.165, 1.54) is 5.56 Å². The summed E-state index contributed by atoms with van der Waals surface area (Å²) in [6.07, 6.45) is 2.04. The van der Waals surface area contributed by atoms with E-state index in [0.29, 0.717) is 5.92 Å². The number of hydrogen-bond donors (Lipinski definition) is 2. The fourth-order valence-electron chi connectivity index (χ4n) is 2.99. The minimum Gasteiger partial charge on any atom is -0.493 e. The Hall–Kier alpha value is -1.79. The Morgan fingerprint density at radius 2 is 1.93 bits per heavy atom. The lowest BCUT2D eigenvalue weighted by Crippen LogP contribution is -2.39. The number of ether oxygens (including phenoxy) is 2. The van der Waals surface area contributed by atoms with Gasteiger partial charge in [0.05, 0.1) is 19.8 Å². The third kappa shape index (κ3) is 9.42. The predicted molar refractivity (Wildman–Crippen MR) is 116 cm³/mol. The summed E-state index contributed by atoms with van der Waals surface area (Å²) in [5.41, 5.74) is 1.30. The van der Waals surface area contributed by atoms with Crippen molar-refractivity contribution in [2.24, 2.45) is 10.9 Å². The molecule has 0 atom stereocenters. The Bertz CT molecular complexity index is 554. The Kier molecular flexibility index (Phi) is 10.8. The average molecular weight is 391 g/mol. The van der Waals surface area contributed by atoms with Crippen LogP contribution in [-0.2, 0) is 11.2 Å². The van der Waals surface area contributed by atoms with Gasteiger partial charge in [0.15, 0.2) is 5.96 Å². The van der Waals surface area contributed by atoms with Crippen LogP contribution >= 0.6 is 0 Å². The second-order valence-corrected chi connectivity index (χ2v) is 7.59. The van der Waals surface area contributed by atoms with E-state index in [4.69, 9.17) is 14.5 Å². The lowest BCUT2D eigenvalue weighted by Gasteiger charge is -2.26. The molecule has 1 aromatic carbocycles. The molecule has 1 aliphatic heterocycles. The van der Waals surface area contributed by atoms with Gasteiger partial charge in [-0.1, -0.05) is 26.0 Å². The van der Waals surface area contributed by atoms with Crippen LogP contribution in [0.3, 0.4) is 0 Å². The lowest BCUT2D eigenvalue weighted by atomic mass is 10.1. The van der Waals surface area contributed by atoms with Crippen LogP contribution in [0.25, 0.3) is 0 Å². The molecule has 0 amide bonds. The first-order chi connectivity index (χ1) is 13.7. The molecule has 0 unspecified atom stereocenters. The number of nitrogens with one attached hydrogen (secondary N) is 2. The second kappa shape index (κ2) is 13.4. The first-order valence-electron chi connectivity index (χ1n) is 10.7. The highest BCUT2D eigenvalue weighted by atomic mass is 16.5. The van der Waals surface area contributed by atoms with Crippen molar-refractivity contribution in [2.45, 2.75) is 33.6 Å². The number of benzene rings is 1. The number of rotatable bonds is 11. The predicted octanol–water partition coefficient (Wildman–Crippen LogP) is 2.54. The zero-order valence-electron chi connectivity index (χ0n) is 17.9. The molecule has 1 aliphatic rings. The maximum absolute atomic E-state index is 5.74. The van der Waals surface area contributed by atoms with Crippen LogP contribution in [0.1, 0.15) is 32.8 Å². The third-order valence-electron chi connectivity index (χ3n) is 4.56. The first kappa shape index (κ1) is 22.5. The van der Waals surface area contributed by atoms with Crippen molar-refractivity contribution in [1.82, 2.24) is 15.5 Å². The van der Waals surface area contributed by atoms with Crippen LogP contribution in [-0.4, -0.2) is 69.9 Å². The largest absolute Gasteiger partial charge is 0.493 e. The Morgan fingerprint density at radius 1 is 1.18 bits per heavy atom. The molecule has 0 aromatic heterocycles. The standard InChI is InChI=1S/C22H38N4O2/c1-4-23-22(24-11-5-13-26-14-16-27-17-15-26)25-12-10-20-6-8-21(9-7-20)28-18-19(2)3/h6-9,19H,4-5,10-18H2,1-3H3,(H2,23,24,25). The molecular formula is C22H38N4O2. The highest BCUT2D eigenvalue weighted by Crippen LogP contribution is 2.13. The summed E-state index contributed by atoms with van der Waals surface area (Å²) in [7, 11) is 0. The van der Waals surface area contributed by atoms with Crippen LogP contribution in [0.2, 0.25) is 0 Å². The van der Waals surface area contributed by atoms with Gasteiger partial charge in [0.1, 0.15) is 5.75 Å². The fourth-order valence-corrected chi connectivity index (χ4v) is 2.99. The van der Waals surface area contributed by atoms with E-state index in [1.54, 1.807) is 0 Å². The molecule has 0 aliphatic carbocycles. The number of aliphatic imine (C=N–C) groups is 1. The molecule has 0 spiro atoms. The molecule has 0 bridgehead atoms. The summed E-state index contributed by atoms with van der Waals surface area (Å²) in [6, 6.07) is 8.40. The summed E-state index contributed by atoms with van der Waals surface area (Å²) >= 11 is 0. The van der Waals surface area contributed by atoms with Gasteiger partial charge >= 0.3 is 0 Å². The van der Waals surface area contributed by atoms with E-state index in [2.05, 4.69) is 60.6 Å². The topological polar surface area (TPSA) is 58.1 Å². The molecule has 158 valence electrons. The number of hydrogen-bond acceptors (Lipinski definition) is 4. The SMILES string of the molecule is CCNC(=NCCCN1CCOCC1)NCCc1ccc(OCC(C)C)cc1. The lowest BCUT2D eigenvalue weighted by molar-refractivity contribution is 0.0377. The van der Waals surface area contributed by atoms with Gasteiger partial charge in [-0.25, -0.2) is 0 Å². The quantitative estimate of drug-likeness (QED) is 0.345. The van der Waals surface area contributed by atoms with E-state index in [0.717, 1.165) is 83.6 Å². The molecule has 6 nitrogen and oxygen atoms in total. The molecule has 1 aromatic rings. The van der Waals surface area contributed by atoms with Crippen molar-refractivity contribution in [3.05, 3.63) is 29.8 Å². The van der Waals surface area contributed by atoms with Crippen molar-refractivity contribution in [1.29, 1.82) is 0 Å². The molecule has 0 saturated carbocycles. The highest BCUT2D eigenvalue weighted by Gasteiger charge is 2.09. The molecule has 6 heteroatoms. The Labute approximate surface area is 170 Å². The highest BCUT2D eigenvalue weighted by molar-refractivity contribution is 5.79. The summed E-state index contributed by atoms with van der Waals surface area (Å²) in [5.74, 6) is 2.39. The average Bonchev–Trinajstić information content (AvgIpc) is 2.71. The summed E-state index contributed by atoms with van der Waals surface area (Å²) < 4.78 is 11.1. The van der Waals surface area contributed by atoms with Gasteiger partial charge in [-0.05, 0) is 43.4 Å². The number of morpholine rings is 1. The zero-order valence-corrected chi connectivity index (χ0v) is 17.9. The minimum atomic E-state index is 0.543. The zero-order chi connectivity index (χ0) is 20.0. The molecule has 28 heavy (non-hydrogen) atoms. The normalized spacial score (nSPS) is 15.6. The van der Waals surface area contributed by atoms with Gasteiger partial charge in [-0.15, -0.1) is 0 Å². The van der Waals surface area contributed by atoms with Gasteiger partial charge in [0, 0.05) is 39.3 Å². The second-order valence-electron chi connectivity index (χ2n) is 7.59. The van der Waals surface area contributed by atoms with E-state index < -0.39 is 0 Å². The van der Waals surface area contributed by atoms with Crippen LogP contribution in [0.5, 0.6) is 5.75 Å². The van der Waals surface area contributed by atoms with Gasteiger partial charge < -0.3 is 20.1 Å². The maximum atomic E-state index is 5.74. The van der Waals surface area contributed by atoms with Crippen molar-refractivity contribution in [2.75, 3.05) is 59.1 Å². The van der Waals surface area contributed by atoms with Crippen LogP contribution in [0.4, 0.5) is 0 Å². The molecular weight excluding hydrogens is 352 g/mol. The summed E-state index contributed by atoms with van der Waals surface area (Å²) in [5, 5.41) is 6.77. The van der Waals surface area contributed by atoms with Crippen LogP contribution in [0.15, 0.2) is 29.3 Å². The maximum Gasteiger partial charge on any atom is 0.191 e. The molecule has 1 saturated heterocycles. The molecule has 1 heterocycles. The van der Waals surface area contributed by atoms with Gasteiger partial charge in [-0.2, -0.15) is 0 Å². The summed E-state index contributed by atoms with van der Waals surface area (Å²) in [6.45, 7) is 14.7. The molecule has 2 N–H and O–H groups in total. The monoisotopic (exact) mass is 390 g/mol. The third-order valence-corrected chi connectivity index (χ3v) is 4.56. The van der Waals surface area contributed by atoms with Gasteiger partial charge in [0.25, 0.3) is 0 Å². The first-order valence-corrected chi connectivity index (χ1v) is 10.7. The Morgan fingerprint density at radius 3 is 2.61 bits per heavy atom. The Balaban J connectivity index is 1.67. The van der Waals surface area contributed by atoms with Gasteiger partial charge in [0.2, 0.25) is 0 Å². The van der Waals surface area contributed by atoms with E-state index >= 15 is 0 Å². The minimum absolute atomic E-state index is 0.543. The van der Waals surface area contributed by atoms with E-state index in [-0.39, 0.29) is 0 Å². The van der Waals surface area contributed by atoms with Crippen molar-refractivity contribution in [3.8, 4) is 5.75 Å². The number of nitrogens with zero attached hydrogens (tertiary/aromatic N) is 2.